The molecule has 8 heteroatoms. The number of thiazole rings is 2. The van der Waals surface area contributed by atoms with Gasteiger partial charge in [0.05, 0.1) is 21.6 Å². The number of para-hydroxylation sites is 2. The summed E-state index contributed by atoms with van der Waals surface area (Å²) in [4.78, 5) is 34.6. The van der Waals surface area contributed by atoms with E-state index >= 15 is 0 Å². The monoisotopic (exact) mass is 435 g/mol. The second-order valence-corrected chi connectivity index (χ2v) is 8.21. The molecule has 0 bridgehead atoms. The van der Waals surface area contributed by atoms with Gasteiger partial charge in [0.2, 0.25) is 5.91 Å². The quantitative estimate of drug-likeness (QED) is 0.308. The number of anilines is 2. The van der Waals surface area contributed by atoms with Crippen molar-refractivity contribution in [1.82, 2.24) is 9.97 Å². The lowest BCUT2D eigenvalue weighted by molar-refractivity contribution is -0.138. The van der Waals surface area contributed by atoms with Gasteiger partial charge in [0.15, 0.2) is 5.13 Å². The lowest BCUT2D eigenvalue weighted by Crippen LogP contribution is -2.22. The van der Waals surface area contributed by atoms with Crippen LogP contribution in [0, 0.1) is 0 Å². The van der Waals surface area contributed by atoms with E-state index in [2.05, 4.69) is 9.97 Å². The van der Waals surface area contributed by atoms with Crippen LogP contribution in [-0.4, -0.2) is 21.8 Å². The van der Waals surface area contributed by atoms with Crippen molar-refractivity contribution in [3.63, 3.8) is 0 Å². The molecule has 150 valence electrons. The van der Waals surface area contributed by atoms with Crippen LogP contribution in [0.25, 0.3) is 16.3 Å². The molecule has 30 heavy (non-hydrogen) atoms. The maximum atomic E-state index is 12.1. The van der Waals surface area contributed by atoms with Crippen molar-refractivity contribution >= 4 is 61.7 Å². The minimum atomic E-state index is -0.477. The van der Waals surface area contributed by atoms with Crippen molar-refractivity contribution in [1.29, 1.82) is 0 Å². The van der Waals surface area contributed by atoms with Crippen molar-refractivity contribution in [2.45, 2.75) is 13.5 Å². The van der Waals surface area contributed by atoms with Gasteiger partial charge in [-0.25, -0.2) is 14.8 Å². The van der Waals surface area contributed by atoms with Crippen LogP contribution in [0.3, 0.4) is 0 Å². The molecule has 4 aromatic rings. The third-order valence-corrected chi connectivity index (χ3v) is 5.95. The van der Waals surface area contributed by atoms with E-state index in [0.717, 1.165) is 20.9 Å². The SMILES string of the molecule is CC(=O)N(c1ccccc1)c1nc(C=CC(=O)OCc2nc3ccccc3s2)cs1. The van der Waals surface area contributed by atoms with Crippen LogP contribution >= 0.6 is 22.7 Å². The topological polar surface area (TPSA) is 72.4 Å². The number of ether oxygens (including phenoxy) is 1. The Balaban J connectivity index is 1.40. The first-order valence-corrected chi connectivity index (χ1v) is 10.8. The second-order valence-electron chi connectivity index (χ2n) is 6.26. The number of fused-ring (bicyclic) bond motifs is 1. The number of benzene rings is 2. The molecule has 0 fully saturated rings. The van der Waals surface area contributed by atoms with Crippen molar-refractivity contribution in [3.8, 4) is 0 Å². The Bertz CT molecular complexity index is 1180. The minimum Gasteiger partial charge on any atom is -0.455 e. The number of amides is 1. The molecule has 4 rings (SSSR count). The van der Waals surface area contributed by atoms with Crippen molar-refractivity contribution in [2.24, 2.45) is 0 Å². The van der Waals surface area contributed by atoms with Crippen LogP contribution in [0.2, 0.25) is 0 Å². The summed E-state index contributed by atoms with van der Waals surface area (Å²) < 4.78 is 6.33. The molecule has 2 aromatic heterocycles. The van der Waals surface area contributed by atoms with Crippen LogP contribution < -0.4 is 4.90 Å². The number of aromatic nitrogens is 2. The van der Waals surface area contributed by atoms with Crippen molar-refractivity contribution in [2.75, 3.05) is 4.90 Å². The van der Waals surface area contributed by atoms with E-state index in [9.17, 15) is 9.59 Å². The van der Waals surface area contributed by atoms with E-state index in [-0.39, 0.29) is 12.5 Å². The zero-order valence-electron chi connectivity index (χ0n) is 16.0. The fourth-order valence-electron chi connectivity index (χ4n) is 2.78. The van der Waals surface area contributed by atoms with Gasteiger partial charge in [-0.15, -0.1) is 22.7 Å². The van der Waals surface area contributed by atoms with Gasteiger partial charge in [0, 0.05) is 18.4 Å². The Hall–Kier alpha value is -3.36. The zero-order chi connectivity index (χ0) is 20.9. The molecule has 0 saturated carbocycles. The molecule has 0 aliphatic carbocycles. The molecule has 6 nitrogen and oxygen atoms in total. The van der Waals surface area contributed by atoms with E-state index < -0.39 is 5.97 Å². The van der Waals surface area contributed by atoms with Crippen LogP contribution in [0.15, 0.2) is 66.1 Å². The summed E-state index contributed by atoms with van der Waals surface area (Å²) in [5.74, 6) is -0.614. The molecule has 0 N–H and O–H groups in total. The van der Waals surface area contributed by atoms with Crippen LogP contribution in [0.5, 0.6) is 0 Å². The summed E-state index contributed by atoms with van der Waals surface area (Å²) in [5, 5.41) is 3.07. The first-order chi connectivity index (χ1) is 14.6. The Kier molecular flexibility index (Phi) is 5.97. The lowest BCUT2D eigenvalue weighted by atomic mass is 10.3. The van der Waals surface area contributed by atoms with Crippen molar-refractivity contribution < 1.29 is 14.3 Å². The highest BCUT2D eigenvalue weighted by molar-refractivity contribution is 7.18. The molecular formula is C22H17N3O3S2. The number of carbonyl (C=O) groups is 2. The molecule has 0 aliphatic rings. The van der Waals surface area contributed by atoms with Gasteiger partial charge in [-0.3, -0.25) is 9.69 Å². The number of nitrogens with zero attached hydrogens (tertiary/aromatic N) is 3. The molecule has 0 saturated heterocycles. The molecule has 0 atom stereocenters. The van der Waals surface area contributed by atoms with Crippen molar-refractivity contribution in [3.05, 3.63) is 76.8 Å². The standard InChI is InChI=1S/C22H17N3O3S2/c1-15(26)25(17-7-3-2-4-8-17)22-23-16(14-29-22)11-12-21(27)28-13-20-24-18-9-5-6-10-19(18)30-20/h2-12,14H,13H2,1H3. The minimum absolute atomic E-state index is 0.122. The third-order valence-electron chi connectivity index (χ3n) is 4.10. The van der Waals surface area contributed by atoms with E-state index in [0.29, 0.717) is 10.8 Å². The molecule has 2 heterocycles. The van der Waals surface area contributed by atoms with E-state index in [1.54, 1.807) is 11.5 Å². The Morgan fingerprint density at radius 2 is 1.83 bits per heavy atom. The second kappa shape index (κ2) is 8.98. The molecule has 1 amide bonds. The molecule has 2 aromatic carbocycles. The largest absolute Gasteiger partial charge is 0.455 e. The number of hydrogen-bond donors (Lipinski definition) is 0. The summed E-state index contributed by atoms with van der Waals surface area (Å²) in [6.45, 7) is 1.61. The first kappa shape index (κ1) is 19.9. The van der Waals surface area contributed by atoms with Gasteiger partial charge >= 0.3 is 5.97 Å². The first-order valence-electron chi connectivity index (χ1n) is 9.11. The smallest absolute Gasteiger partial charge is 0.331 e. The lowest BCUT2D eigenvalue weighted by Gasteiger charge is -2.17. The van der Waals surface area contributed by atoms with Gasteiger partial charge in [-0.1, -0.05) is 30.3 Å². The predicted octanol–water partition coefficient (Wildman–Crippen LogP) is 5.19. The van der Waals surface area contributed by atoms with Gasteiger partial charge in [-0.2, -0.15) is 0 Å². The highest BCUT2D eigenvalue weighted by Gasteiger charge is 2.17. The normalized spacial score (nSPS) is 11.1. The van der Waals surface area contributed by atoms with Gasteiger partial charge < -0.3 is 4.74 Å². The van der Waals surface area contributed by atoms with Crippen LogP contribution in [-0.2, 0) is 20.9 Å². The average Bonchev–Trinajstić information content (AvgIpc) is 3.38. The fraction of sp³-hybridized carbons (Fsp3) is 0.0909. The van der Waals surface area contributed by atoms with Crippen LogP contribution in [0.1, 0.15) is 17.6 Å². The van der Waals surface area contributed by atoms with E-state index in [1.807, 2.05) is 54.6 Å². The maximum Gasteiger partial charge on any atom is 0.331 e. The zero-order valence-corrected chi connectivity index (χ0v) is 17.7. The molecule has 0 radical (unpaired) electrons. The highest BCUT2D eigenvalue weighted by atomic mass is 32.1. The molecule has 0 unspecified atom stereocenters. The average molecular weight is 436 g/mol. The highest BCUT2D eigenvalue weighted by Crippen LogP contribution is 2.29. The summed E-state index contributed by atoms with van der Waals surface area (Å²) in [6, 6.07) is 17.1. The van der Waals surface area contributed by atoms with E-state index in [4.69, 9.17) is 4.74 Å². The number of rotatable bonds is 6. The molecule has 0 spiro atoms. The molecular weight excluding hydrogens is 418 g/mol. The summed E-state index contributed by atoms with van der Waals surface area (Å²) >= 11 is 2.83. The van der Waals surface area contributed by atoms with Crippen LogP contribution in [0.4, 0.5) is 10.8 Å². The van der Waals surface area contributed by atoms with E-state index in [1.165, 1.54) is 40.6 Å². The van der Waals surface area contributed by atoms with Gasteiger partial charge in [-0.05, 0) is 30.3 Å². The Morgan fingerprint density at radius 3 is 2.60 bits per heavy atom. The summed E-state index contributed by atoms with van der Waals surface area (Å²) in [5.41, 5.74) is 2.21. The summed E-state index contributed by atoms with van der Waals surface area (Å²) in [7, 11) is 0. The number of esters is 1. The van der Waals surface area contributed by atoms with Gasteiger partial charge in [0.1, 0.15) is 11.6 Å². The number of hydrogen-bond acceptors (Lipinski definition) is 7. The fourth-order valence-corrected chi connectivity index (χ4v) is 4.51. The Morgan fingerprint density at radius 1 is 1.07 bits per heavy atom. The molecule has 0 aliphatic heterocycles. The number of carbonyl (C=O) groups excluding carboxylic acids is 2. The Labute approximate surface area is 181 Å². The predicted molar refractivity (Wildman–Crippen MR) is 120 cm³/mol. The summed E-state index contributed by atoms with van der Waals surface area (Å²) in [6.07, 6.45) is 2.90. The third kappa shape index (κ3) is 4.61. The maximum absolute atomic E-state index is 12.1. The van der Waals surface area contributed by atoms with Gasteiger partial charge in [0.25, 0.3) is 0 Å².